The molecule has 0 spiro atoms. The fourth-order valence-electron chi connectivity index (χ4n) is 4.20. The number of aromatic nitrogens is 4. The van der Waals surface area contributed by atoms with Crippen LogP contribution in [0.5, 0.6) is 11.6 Å². The maximum Gasteiger partial charge on any atom is 0.241 e. The summed E-state index contributed by atoms with van der Waals surface area (Å²) < 4.78 is 11.3. The fraction of sp³-hybridized carbons (Fsp3) is 0.280. The third-order valence-corrected chi connectivity index (χ3v) is 5.91. The van der Waals surface area contributed by atoms with Gasteiger partial charge in [0.05, 0.1) is 17.8 Å². The molecule has 33 heavy (non-hydrogen) atoms. The van der Waals surface area contributed by atoms with Crippen molar-refractivity contribution in [1.29, 1.82) is 0 Å². The van der Waals surface area contributed by atoms with E-state index in [1.807, 2.05) is 24.3 Å². The molecular weight excluding hydrogens is 418 g/mol. The Morgan fingerprint density at radius 1 is 1.06 bits per heavy atom. The molecule has 1 N–H and O–H groups in total. The molecule has 0 unspecified atom stereocenters. The van der Waals surface area contributed by atoms with Crippen LogP contribution >= 0.6 is 0 Å². The lowest BCUT2D eigenvalue weighted by molar-refractivity contribution is 0.0462. The number of methoxy groups -OCH3 is 1. The Bertz CT molecular complexity index is 1210. The van der Waals surface area contributed by atoms with Crippen LogP contribution in [0.25, 0.3) is 11.0 Å². The van der Waals surface area contributed by atoms with E-state index in [4.69, 9.17) is 9.47 Å². The number of carbonyl (C=O) groups is 1. The molecule has 1 aliphatic rings. The molecular formula is C25H25N5O3. The maximum atomic E-state index is 12.8. The molecule has 1 aliphatic heterocycles. The average Bonchev–Trinajstić information content (AvgIpc) is 3.30. The van der Waals surface area contributed by atoms with Gasteiger partial charge in [0.1, 0.15) is 11.4 Å². The van der Waals surface area contributed by atoms with Crippen LogP contribution in [-0.4, -0.2) is 57.5 Å². The number of nitrogens with zero attached hydrogens (tertiary/aromatic N) is 4. The maximum absolute atomic E-state index is 12.8. The van der Waals surface area contributed by atoms with Gasteiger partial charge in [0, 0.05) is 44.1 Å². The van der Waals surface area contributed by atoms with Crippen LogP contribution < -0.4 is 4.74 Å². The van der Waals surface area contributed by atoms with Crippen molar-refractivity contribution in [3.05, 3.63) is 78.0 Å². The van der Waals surface area contributed by atoms with Crippen LogP contribution in [0, 0.1) is 0 Å². The third-order valence-electron chi connectivity index (χ3n) is 5.91. The quantitative estimate of drug-likeness (QED) is 0.429. The van der Waals surface area contributed by atoms with E-state index in [1.54, 1.807) is 43.8 Å². The van der Waals surface area contributed by atoms with E-state index in [-0.39, 0.29) is 11.7 Å². The molecule has 168 valence electrons. The van der Waals surface area contributed by atoms with Gasteiger partial charge in [-0.25, -0.2) is 9.97 Å². The summed E-state index contributed by atoms with van der Waals surface area (Å²) in [4.78, 5) is 31.6. The number of likely N-dealkylation sites (tertiary alicyclic amines) is 1. The highest BCUT2D eigenvalue weighted by molar-refractivity contribution is 6.08. The van der Waals surface area contributed by atoms with Crippen molar-refractivity contribution in [2.45, 2.75) is 18.8 Å². The first kappa shape index (κ1) is 21.2. The second kappa shape index (κ2) is 9.48. The topological polar surface area (TPSA) is 93.2 Å². The monoisotopic (exact) mass is 443 g/mol. The molecule has 2 aromatic heterocycles. The minimum absolute atomic E-state index is 0.166. The molecule has 0 atom stereocenters. The van der Waals surface area contributed by atoms with E-state index in [0.717, 1.165) is 42.7 Å². The van der Waals surface area contributed by atoms with Gasteiger partial charge in [0.25, 0.3) is 0 Å². The molecule has 5 rings (SSSR count). The van der Waals surface area contributed by atoms with Crippen LogP contribution in [0.1, 0.15) is 40.6 Å². The van der Waals surface area contributed by atoms with Crippen LogP contribution in [-0.2, 0) is 4.74 Å². The number of ketones is 1. The Morgan fingerprint density at radius 3 is 2.58 bits per heavy atom. The van der Waals surface area contributed by atoms with Gasteiger partial charge in [-0.1, -0.05) is 12.1 Å². The first-order valence-corrected chi connectivity index (χ1v) is 11.0. The van der Waals surface area contributed by atoms with Crippen molar-refractivity contribution in [1.82, 2.24) is 24.8 Å². The Balaban J connectivity index is 1.29. The summed E-state index contributed by atoms with van der Waals surface area (Å²) in [7, 11) is 1.72. The lowest BCUT2D eigenvalue weighted by Crippen LogP contribution is -2.34. The molecule has 8 nitrogen and oxygen atoms in total. The highest BCUT2D eigenvalue weighted by Crippen LogP contribution is 2.33. The number of benzene rings is 2. The predicted octanol–water partition coefficient (Wildman–Crippen LogP) is 4.16. The SMILES string of the molecule is COCN1CCC(c2nccnc2Oc2ccc(C(=O)c3nc4ccccc4[nH]3)cc2)CC1. The summed E-state index contributed by atoms with van der Waals surface area (Å²) in [5, 5.41) is 0. The zero-order valence-corrected chi connectivity index (χ0v) is 18.4. The van der Waals surface area contributed by atoms with Gasteiger partial charge >= 0.3 is 0 Å². The average molecular weight is 444 g/mol. The van der Waals surface area contributed by atoms with Crippen LogP contribution in [0.2, 0.25) is 0 Å². The van der Waals surface area contributed by atoms with E-state index >= 15 is 0 Å². The lowest BCUT2D eigenvalue weighted by atomic mass is 9.93. The molecule has 3 heterocycles. The lowest BCUT2D eigenvalue weighted by Gasteiger charge is -2.31. The highest BCUT2D eigenvalue weighted by atomic mass is 16.5. The van der Waals surface area contributed by atoms with E-state index in [1.165, 1.54) is 0 Å². The molecule has 0 bridgehead atoms. The number of hydrogen-bond donors (Lipinski definition) is 1. The van der Waals surface area contributed by atoms with E-state index in [2.05, 4.69) is 24.8 Å². The first-order chi connectivity index (χ1) is 16.2. The van der Waals surface area contributed by atoms with Crippen LogP contribution in [0.3, 0.4) is 0 Å². The molecule has 0 saturated carbocycles. The van der Waals surface area contributed by atoms with Crippen molar-refractivity contribution >= 4 is 16.8 Å². The standard InChI is InChI=1S/C25H25N5O3/c1-32-16-30-14-10-17(11-15-30)22-25(27-13-12-26-22)33-19-8-6-18(7-9-19)23(31)24-28-20-4-2-3-5-21(20)29-24/h2-9,12-13,17H,10-11,14-16H2,1H3,(H,28,29). The van der Waals surface area contributed by atoms with Crippen LogP contribution in [0.4, 0.5) is 0 Å². The number of nitrogens with one attached hydrogen (secondary N) is 1. The van der Waals surface area contributed by atoms with Crippen molar-refractivity contribution in [3.8, 4) is 11.6 Å². The van der Waals surface area contributed by atoms with Crippen LogP contribution in [0.15, 0.2) is 60.9 Å². The number of aromatic amines is 1. The number of para-hydroxylation sites is 2. The van der Waals surface area contributed by atoms with Crippen molar-refractivity contribution in [3.63, 3.8) is 0 Å². The number of imidazole rings is 1. The fourth-order valence-corrected chi connectivity index (χ4v) is 4.20. The second-order valence-corrected chi connectivity index (χ2v) is 8.11. The minimum Gasteiger partial charge on any atom is -0.437 e. The Kier molecular flexibility index (Phi) is 6.10. The normalized spacial score (nSPS) is 15.1. The third kappa shape index (κ3) is 4.62. The molecule has 2 aromatic carbocycles. The molecule has 8 heteroatoms. The smallest absolute Gasteiger partial charge is 0.241 e. The summed E-state index contributed by atoms with van der Waals surface area (Å²) in [5.74, 6) is 1.56. The van der Waals surface area contributed by atoms with Crippen molar-refractivity contribution < 1.29 is 14.3 Å². The molecule has 1 saturated heterocycles. The van der Waals surface area contributed by atoms with Crippen molar-refractivity contribution in [2.75, 3.05) is 26.9 Å². The van der Waals surface area contributed by atoms with E-state index in [0.29, 0.717) is 29.7 Å². The van der Waals surface area contributed by atoms with Gasteiger partial charge in [-0.3, -0.25) is 14.7 Å². The number of piperidine rings is 1. The zero-order chi connectivity index (χ0) is 22.6. The van der Waals surface area contributed by atoms with Gasteiger partial charge in [0.15, 0.2) is 5.82 Å². The predicted molar refractivity (Wildman–Crippen MR) is 123 cm³/mol. The summed E-state index contributed by atoms with van der Waals surface area (Å²) >= 11 is 0. The van der Waals surface area contributed by atoms with Crippen molar-refractivity contribution in [2.24, 2.45) is 0 Å². The van der Waals surface area contributed by atoms with Gasteiger partial charge < -0.3 is 14.5 Å². The summed E-state index contributed by atoms with van der Waals surface area (Å²) in [6, 6.07) is 14.6. The number of hydrogen-bond acceptors (Lipinski definition) is 7. The second-order valence-electron chi connectivity index (χ2n) is 8.11. The summed E-state index contributed by atoms with van der Waals surface area (Å²) in [5.41, 5.74) is 3.01. The summed E-state index contributed by atoms with van der Waals surface area (Å²) in [6.45, 7) is 2.55. The number of rotatable bonds is 7. The molecule has 4 aromatic rings. The van der Waals surface area contributed by atoms with Gasteiger partial charge in [-0.15, -0.1) is 0 Å². The first-order valence-electron chi connectivity index (χ1n) is 11.0. The molecule has 1 fully saturated rings. The number of ether oxygens (including phenoxy) is 2. The Morgan fingerprint density at radius 2 is 1.82 bits per heavy atom. The van der Waals surface area contributed by atoms with E-state index < -0.39 is 0 Å². The Labute approximate surface area is 191 Å². The van der Waals surface area contributed by atoms with E-state index in [9.17, 15) is 4.79 Å². The molecule has 0 radical (unpaired) electrons. The number of carbonyl (C=O) groups excluding carboxylic acids is 1. The molecule has 0 aliphatic carbocycles. The summed E-state index contributed by atoms with van der Waals surface area (Å²) in [6.07, 6.45) is 5.30. The molecule has 0 amide bonds. The number of H-pyrrole nitrogens is 1. The van der Waals surface area contributed by atoms with Gasteiger partial charge in [-0.2, -0.15) is 0 Å². The minimum atomic E-state index is -0.166. The largest absolute Gasteiger partial charge is 0.437 e. The van der Waals surface area contributed by atoms with Gasteiger partial charge in [0.2, 0.25) is 11.7 Å². The Hall–Kier alpha value is -3.62. The van der Waals surface area contributed by atoms with Gasteiger partial charge in [-0.05, 0) is 49.2 Å². The highest BCUT2D eigenvalue weighted by Gasteiger charge is 2.25. The number of fused-ring (bicyclic) bond motifs is 1. The zero-order valence-electron chi connectivity index (χ0n) is 18.4.